The maximum Gasteiger partial charge on any atom is -0.0234 e. The van der Waals surface area contributed by atoms with Crippen LogP contribution in [-0.2, 0) is 0 Å². The van der Waals surface area contributed by atoms with Gasteiger partial charge in [-0.05, 0) is 30.1 Å². The minimum Gasteiger partial charge on any atom is -0.103 e. The molecule has 0 amide bonds. The van der Waals surface area contributed by atoms with E-state index in [0.717, 1.165) is 17.8 Å². The van der Waals surface area contributed by atoms with Crippen LogP contribution in [0.5, 0.6) is 0 Å². The normalized spacial score (nSPS) is 17.5. The fourth-order valence-corrected chi connectivity index (χ4v) is 2.30. The molecule has 0 rings (SSSR count). The summed E-state index contributed by atoms with van der Waals surface area (Å²) in [5.41, 5.74) is 0. The van der Waals surface area contributed by atoms with Crippen molar-refractivity contribution < 1.29 is 0 Å². The highest BCUT2D eigenvalue weighted by molar-refractivity contribution is 4.84. The van der Waals surface area contributed by atoms with Gasteiger partial charge in [-0.15, -0.1) is 6.58 Å². The number of rotatable bonds is 8. The molecule has 0 heterocycles. The summed E-state index contributed by atoms with van der Waals surface area (Å²) in [5, 5.41) is 0. The fraction of sp³-hybridized carbons (Fsp3) is 0.867. The van der Waals surface area contributed by atoms with E-state index in [2.05, 4.69) is 47.3 Å². The van der Waals surface area contributed by atoms with Gasteiger partial charge in [0.25, 0.3) is 0 Å². The van der Waals surface area contributed by atoms with Crippen molar-refractivity contribution >= 4 is 0 Å². The van der Waals surface area contributed by atoms with Crippen LogP contribution in [-0.4, -0.2) is 0 Å². The molecule has 15 heavy (non-hydrogen) atoms. The van der Waals surface area contributed by atoms with Gasteiger partial charge in [0.2, 0.25) is 0 Å². The molecule has 3 atom stereocenters. The first-order valence-corrected chi connectivity index (χ1v) is 6.67. The average molecular weight is 210 g/mol. The SMILES string of the molecule is C=CC(C)C(CCCCC)C(C)C(C)C. The molecule has 0 aliphatic heterocycles. The summed E-state index contributed by atoms with van der Waals surface area (Å²) in [4.78, 5) is 0. The van der Waals surface area contributed by atoms with E-state index in [9.17, 15) is 0 Å². The minimum atomic E-state index is 0.666. The Balaban J connectivity index is 4.23. The lowest BCUT2D eigenvalue weighted by atomic mass is 9.75. The highest BCUT2D eigenvalue weighted by Crippen LogP contribution is 2.32. The van der Waals surface area contributed by atoms with Crippen molar-refractivity contribution in [2.24, 2.45) is 23.7 Å². The second kappa shape index (κ2) is 7.96. The van der Waals surface area contributed by atoms with Gasteiger partial charge < -0.3 is 0 Å². The van der Waals surface area contributed by atoms with Gasteiger partial charge in [-0.1, -0.05) is 60.0 Å². The molecule has 0 bridgehead atoms. The van der Waals surface area contributed by atoms with E-state index in [-0.39, 0.29) is 0 Å². The molecule has 0 radical (unpaired) electrons. The molecule has 0 nitrogen and oxygen atoms in total. The highest BCUT2D eigenvalue weighted by atomic mass is 14.3. The lowest BCUT2D eigenvalue weighted by Gasteiger charge is -2.30. The van der Waals surface area contributed by atoms with Gasteiger partial charge in [-0.3, -0.25) is 0 Å². The van der Waals surface area contributed by atoms with Gasteiger partial charge in [0.15, 0.2) is 0 Å². The summed E-state index contributed by atoms with van der Waals surface area (Å²) in [6.45, 7) is 15.6. The molecule has 0 N–H and O–H groups in total. The molecule has 0 aliphatic carbocycles. The van der Waals surface area contributed by atoms with Crippen LogP contribution in [0.2, 0.25) is 0 Å². The number of hydrogen-bond donors (Lipinski definition) is 0. The molecule has 90 valence electrons. The van der Waals surface area contributed by atoms with E-state index in [1.54, 1.807) is 0 Å². The largest absolute Gasteiger partial charge is 0.103 e. The Morgan fingerprint density at radius 3 is 2.07 bits per heavy atom. The molecule has 0 aromatic carbocycles. The molecule has 0 spiro atoms. The van der Waals surface area contributed by atoms with Crippen molar-refractivity contribution in [1.82, 2.24) is 0 Å². The molecule has 3 unspecified atom stereocenters. The van der Waals surface area contributed by atoms with Gasteiger partial charge in [0, 0.05) is 0 Å². The first kappa shape index (κ1) is 14.7. The third-order valence-corrected chi connectivity index (χ3v) is 3.92. The maximum absolute atomic E-state index is 3.95. The van der Waals surface area contributed by atoms with E-state index >= 15 is 0 Å². The molecule has 0 aromatic heterocycles. The lowest BCUT2D eigenvalue weighted by Crippen LogP contribution is -2.22. The predicted molar refractivity (Wildman–Crippen MR) is 71.0 cm³/mol. The first-order chi connectivity index (χ1) is 7.04. The van der Waals surface area contributed by atoms with E-state index in [1.165, 1.54) is 25.7 Å². The quantitative estimate of drug-likeness (QED) is 0.377. The Kier molecular flexibility index (Phi) is 7.82. The van der Waals surface area contributed by atoms with Gasteiger partial charge in [-0.2, -0.15) is 0 Å². The molecule has 0 aromatic rings. The van der Waals surface area contributed by atoms with E-state index < -0.39 is 0 Å². The summed E-state index contributed by atoms with van der Waals surface area (Å²) in [6.07, 6.45) is 7.60. The van der Waals surface area contributed by atoms with Crippen LogP contribution in [0.4, 0.5) is 0 Å². The second-order valence-electron chi connectivity index (χ2n) is 5.36. The van der Waals surface area contributed by atoms with Gasteiger partial charge in [0.05, 0.1) is 0 Å². The number of allylic oxidation sites excluding steroid dienone is 1. The van der Waals surface area contributed by atoms with Gasteiger partial charge >= 0.3 is 0 Å². The fourth-order valence-electron chi connectivity index (χ4n) is 2.30. The summed E-state index contributed by atoms with van der Waals surface area (Å²) in [5.74, 6) is 3.10. The molecular formula is C15H30. The smallest absolute Gasteiger partial charge is 0.0234 e. The van der Waals surface area contributed by atoms with Crippen LogP contribution in [0.25, 0.3) is 0 Å². The van der Waals surface area contributed by atoms with E-state index in [4.69, 9.17) is 0 Å². The lowest BCUT2D eigenvalue weighted by molar-refractivity contribution is 0.212. The Hall–Kier alpha value is -0.260. The Bertz CT molecular complexity index is 157. The Morgan fingerprint density at radius 2 is 1.67 bits per heavy atom. The zero-order valence-electron chi connectivity index (χ0n) is 11.4. The van der Waals surface area contributed by atoms with Crippen LogP contribution in [0.3, 0.4) is 0 Å². The van der Waals surface area contributed by atoms with Crippen LogP contribution in [0.1, 0.15) is 60.3 Å². The summed E-state index contributed by atoms with van der Waals surface area (Å²) in [6, 6.07) is 0. The predicted octanol–water partition coefficient (Wildman–Crippen LogP) is 5.30. The molecular weight excluding hydrogens is 180 g/mol. The third kappa shape index (κ3) is 5.39. The Morgan fingerprint density at radius 1 is 1.07 bits per heavy atom. The maximum atomic E-state index is 3.95. The molecule has 0 heteroatoms. The number of hydrogen-bond acceptors (Lipinski definition) is 0. The molecule has 0 fully saturated rings. The van der Waals surface area contributed by atoms with Crippen molar-refractivity contribution in [3.05, 3.63) is 12.7 Å². The highest BCUT2D eigenvalue weighted by Gasteiger charge is 2.23. The summed E-state index contributed by atoms with van der Waals surface area (Å²) < 4.78 is 0. The summed E-state index contributed by atoms with van der Waals surface area (Å²) in [7, 11) is 0. The molecule has 0 saturated carbocycles. The van der Waals surface area contributed by atoms with Crippen molar-refractivity contribution in [1.29, 1.82) is 0 Å². The standard InChI is InChI=1S/C15H30/c1-7-9-10-11-15(13(5)8-2)14(6)12(3)4/h8,12-15H,2,7,9-11H2,1,3-6H3. The first-order valence-electron chi connectivity index (χ1n) is 6.67. The van der Waals surface area contributed by atoms with Crippen LogP contribution in [0.15, 0.2) is 12.7 Å². The van der Waals surface area contributed by atoms with E-state index in [1.807, 2.05) is 0 Å². The Labute approximate surface area is 97.2 Å². The number of unbranched alkanes of at least 4 members (excludes halogenated alkanes) is 2. The second-order valence-corrected chi connectivity index (χ2v) is 5.36. The van der Waals surface area contributed by atoms with Gasteiger partial charge in [-0.25, -0.2) is 0 Å². The van der Waals surface area contributed by atoms with Crippen molar-refractivity contribution in [2.75, 3.05) is 0 Å². The van der Waals surface area contributed by atoms with Crippen LogP contribution >= 0.6 is 0 Å². The van der Waals surface area contributed by atoms with Crippen molar-refractivity contribution in [2.45, 2.75) is 60.3 Å². The third-order valence-electron chi connectivity index (χ3n) is 3.92. The molecule has 0 aliphatic rings. The van der Waals surface area contributed by atoms with Gasteiger partial charge in [0.1, 0.15) is 0 Å². The minimum absolute atomic E-state index is 0.666. The topological polar surface area (TPSA) is 0 Å². The average Bonchev–Trinajstić information content (AvgIpc) is 2.22. The monoisotopic (exact) mass is 210 g/mol. The zero-order chi connectivity index (χ0) is 11.8. The van der Waals surface area contributed by atoms with Crippen LogP contribution < -0.4 is 0 Å². The van der Waals surface area contributed by atoms with Crippen molar-refractivity contribution in [3.8, 4) is 0 Å². The molecule has 0 saturated heterocycles. The zero-order valence-corrected chi connectivity index (χ0v) is 11.4. The summed E-state index contributed by atoms with van der Waals surface area (Å²) >= 11 is 0. The van der Waals surface area contributed by atoms with Crippen LogP contribution in [0, 0.1) is 23.7 Å². The van der Waals surface area contributed by atoms with E-state index in [0.29, 0.717) is 5.92 Å². The van der Waals surface area contributed by atoms with Crippen molar-refractivity contribution in [3.63, 3.8) is 0 Å².